The van der Waals surface area contributed by atoms with E-state index < -0.39 is 0 Å². The van der Waals surface area contributed by atoms with Gasteiger partial charge in [0, 0.05) is 40.2 Å². The second-order valence-electron chi connectivity index (χ2n) is 5.99. The van der Waals surface area contributed by atoms with Crippen LogP contribution in [0.3, 0.4) is 0 Å². The van der Waals surface area contributed by atoms with Crippen LogP contribution in [0.5, 0.6) is 0 Å². The van der Waals surface area contributed by atoms with Gasteiger partial charge in [0.25, 0.3) is 5.91 Å². The van der Waals surface area contributed by atoms with Crippen LogP contribution in [0.25, 0.3) is 10.9 Å². The number of benzene rings is 2. The Morgan fingerprint density at radius 1 is 1.12 bits per heavy atom. The highest BCUT2D eigenvalue weighted by Crippen LogP contribution is 2.27. The van der Waals surface area contributed by atoms with Crippen molar-refractivity contribution in [3.05, 3.63) is 68.8 Å². The molecule has 0 atom stereocenters. The van der Waals surface area contributed by atoms with Crippen LogP contribution in [0.2, 0.25) is 5.02 Å². The zero-order valence-electron chi connectivity index (χ0n) is 13.6. The summed E-state index contributed by atoms with van der Waals surface area (Å²) in [6.45, 7) is 0. The van der Waals surface area contributed by atoms with Crippen molar-refractivity contribution in [3.8, 4) is 0 Å². The average Bonchev–Trinajstić information content (AvgIpc) is 2.90. The summed E-state index contributed by atoms with van der Waals surface area (Å²) in [5.74, 6) is 0.0229. The third kappa shape index (κ3) is 3.50. The van der Waals surface area contributed by atoms with E-state index in [0.717, 1.165) is 44.5 Å². The molecule has 0 saturated carbocycles. The van der Waals surface area contributed by atoms with Gasteiger partial charge >= 0.3 is 0 Å². The Kier molecular flexibility index (Phi) is 4.97. The van der Waals surface area contributed by atoms with E-state index in [1.165, 1.54) is 5.56 Å². The van der Waals surface area contributed by atoms with Gasteiger partial charge in [-0.25, -0.2) is 0 Å². The van der Waals surface area contributed by atoms with E-state index in [9.17, 15) is 4.79 Å². The number of hydrogen-bond acceptors (Lipinski definition) is 1. The second-order valence-corrected chi connectivity index (χ2v) is 7.35. The summed E-state index contributed by atoms with van der Waals surface area (Å²) in [6, 6.07) is 13.8. The van der Waals surface area contributed by atoms with Crippen molar-refractivity contribution in [3.63, 3.8) is 0 Å². The molecule has 0 aliphatic carbocycles. The fraction of sp³-hybridized carbons (Fsp3) is 0.211. The quantitative estimate of drug-likeness (QED) is 0.646. The lowest BCUT2D eigenvalue weighted by molar-refractivity contribution is 0.0828. The molecule has 1 heterocycles. The predicted molar refractivity (Wildman–Crippen MR) is 103 cm³/mol. The molecule has 0 unspecified atom stereocenters. The van der Waals surface area contributed by atoms with Gasteiger partial charge in [0.2, 0.25) is 0 Å². The Bertz CT molecular complexity index is 884. The van der Waals surface area contributed by atoms with Crippen LogP contribution in [-0.4, -0.2) is 29.9 Å². The molecule has 0 saturated heterocycles. The minimum atomic E-state index is 0.0229. The molecule has 2 aromatic carbocycles. The Morgan fingerprint density at radius 2 is 1.83 bits per heavy atom. The Balaban J connectivity index is 1.97. The molecule has 0 bridgehead atoms. The number of hydrogen-bond donors (Lipinski definition) is 1. The van der Waals surface area contributed by atoms with Crippen LogP contribution >= 0.6 is 27.5 Å². The van der Waals surface area contributed by atoms with Crippen LogP contribution in [0.15, 0.2) is 46.9 Å². The number of halogens is 2. The first-order valence-electron chi connectivity index (χ1n) is 7.72. The minimum Gasteiger partial charge on any atom is -0.358 e. The van der Waals surface area contributed by atoms with Crippen LogP contribution in [0.4, 0.5) is 0 Å². The fourth-order valence-corrected chi connectivity index (χ4v) is 3.29. The summed E-state index contributed by atoms with van der Waals surface area (Å²) in [7, 11) is 3.56. The number of aryl methyl sites for hydroxylation is 2. The standard InChI is InChI=1S/C19H18BrClN2O/c1-23(2)19(24)18-15-9-6-13(20)11-17(15)22-16(18)10-5-12-3-7-14(21)8-4-12/h3-4,6-9,11,22H,5,10H2,1-2H3. The molecule has 1 amide bonds. The third-order valence-electron chi connectivity index (χ3n) is 4.04. The molecular weight excluding hydrogens is 388 g/mol. The van der Waals surface area contributed by atoms with Gasteiger partial charge in [0.15, 0.2) is 0 Å². The van der Waals surface area contributed by atoms with Crippen molar-refractivity contribution in [2.24, 2.45) is 0 Å². The van der Waals surface area contributed by atoms with Gasteiger partial charge in [-0.2, -0.15) is 0 Å². The van der Waals surface area contributed by atoms with E-state index >= 15 is 0 Å². The van der Waals surface area contributed by atoms with E-state index in [-0.39, 0.29) is 5.91 Å². The third-order valence-corrected chi connectivity index (χ3v) is 4.78. The fourth-order valence-electron chi connectivity index (χ4n) is 2.80. The van der Waals surface area contributed by atoms with Crippen LogP contribution < -0.4 is 0 Å². The highest BCUT2D eigenvalue weighted by Gasteiger charge is 2.19. The van der Waals surface area contributed by atoms with Crippen molar-refractivity contribution >= 4 is 44.3 Å². The predicted octanol–water partition coefficient (Wildman–Crippen LogP) is 5.07. The number of carbonyl (C=O) groups is 1. The highest BCUT2D eigenvalue weighted by molar-refractivity contribution is 9.10. The maximum absolute atomic E-state index is 12.7. The smallest absolute Gasteiger partial charge is 0.255 e. The Morgan fingerprint density at radius 3 is 2.50 bits per heavy atom. The molecule has 3 nitrogen and oxygen atoms in total. The van der Waals surface area contributed by atoms with Gasteiger partial charge < -0.3 is 9.88 Å². The summed E-state index contributed by atoms with van der Waals surface area (Å²) in [5.41, 5.74) is 3.90. The molecule has 124 valence electrons. The molecule has 3 rings (SSSR count). The topological polar surface area (TPSA) is 36.1 Å². The molecule has 5 heteroatoms. The summed E-state index contributed by atoms with van der Waals surface area (Å²) >= 11 is 9.42. The van der Waals surface area contributed by atoms with E-state index in [4.69, 9.17) is 11.6 Å². The number of nitrogens with one attached hydrogen (secondary N) is 1. The van der Waals surface area contributed by atoms with Crippen molar-refractivity contribution in [1.29, 1.82) is 0 Å². The lowest BCUT2D eigenvalue weighted by Gasteiger charge is -2.11. The molecule has 1 aromatic heterocycles. The normalized spacial score (nSPS) is 11.0. The molecule has 3 aromatic rings. The second kappa shape index (κ2) is 6.99. The number of amides is 1. The minimum absolute atomic E-state index is 0.0229. The molecular formula is C19H18BrClN2O. The summed E-state index contributed by atoms with van der Waals surface area (Å²) < 4.78 is 0.990. The largest absolute Gasteiger partial charge is 0.358 e. The summed E-state index contributed by atoms with van der Waals surface area (Å²) in [6.07, 6.45) is 1.61. The first kappa shape index (κ1) is 17.1. The number of aromatic amines is 1. The van der Waals surface area contributed by atoms with Gasteiger partial charge in [-0.3, -0.25) is 4.79 Å². The van der Waals surface area contributed by atoms with E-state index in [0.29, 0.717) is 0 Å². The first-order valence-corrected chi connectivity index (χ1v) is 8.89. The Hall–Kier alpha value is -1.78. The number of fused-ring (bicyclic) bond motifs is 1. The van der Waals surface area contributed by atoms with Crippen LogP contribution in [0.1, 0.15) is 21.6 Å². The Labute approximate surface area is 154 Å². The number of nitrogens with zero attached hydrogens (tertiary/aromatic N) is 1. The monoisotopic (exact) mass is 404 g/mol. The molecule has 0 aliphatic rings. The lowest BCUT2D eigenvalue weighted by atomic mass is 10.0. The summed E-state index contributed by atoms with van der Waals surface area (Å²) in [4.78, 5) is 17.7. The van der Waals surface area contributed by atoms with Crippen molar-refractivity contribution in [2.75, 3.05) is 14.1 Å². The maximum Gasteiger partial charge on any atom is 0.255 e. The zero-order chi connectivity index (χ0) is 17.3. The summed E-state index contributed by atoms with van der Waals surface area (Å²) in [5, 5.41) is 1.70. The van der Waals surface area contributed by atoms with E-state index in [1.807, 2.05) is 42.5 Å². The first-order chi connectivity index (χ1) is 11.5. The molecule has 0 aliphatic heterocycles. The van der Waals surface area contributed by atoms with Crippen molar-refractivity contribution in [1.82, 2.24) is 9.88 Å². The number of carbonyl (C=O) groups excluding carboxylic acids is 1. The van der Waals surface area contributed by atoms with Gasteiger partial charge in [-0.1, -0.05) is 45.7 Å². The van der Waals surface area contributed by atoms with Crippen molar-refractivity contribution < 1.29 is 4.79 Å². The van der Waals surface area contributed by atoms with Crippen LogP contribution in [-0.2, 0) is 12.8 Å². The average molecular weight is 406 g/mol. The number of aromatic nitrogens is 1. The number of rotatable bonds is 4. The highest BCUT2D eigenvalue weighted by atomic mass is 79.9. The molecule has 1 N–H and O–H groups in total. The van der Waals surface area contributed by atoms with Gasteiger partial charge in [-0.15, -0.1) is 0 Å². The van der Waals surface area contributed by atoms with Gasteiger partial charge in [0.1, 0.15) is 0 Å². The van der Waals surface area contributed by atoms with Gasteiger partial charge in [0.05, 0.1) is 5.56 Å². The number of H-pyrrole nitrogens is 1. The van der Waals surface area contributed by atoms with Gasteiger partial charge in [-0.05, 0) is 42.7 Å². The van der Waals surface area contributed by atoms with Crippen molar-refractivity contribution in [2.45, 2.75) is 12.8 Å². The molecule has 0 spiro atoms. The SMILES string of the molecule is CN(C)C(=O)c1c(CCc2ccc(Cl)cc2)[nH]c2cc(Br)ccc12. The molecule has 24 heavy (non-hydrogen) atoms. The molecule has 0 radical (unpaired) electrons. The van der Waals surface area contributed by atoms with E-state index in [1.54, 1.807) is 19.0 Å². The van der Waals surface area contributed by atoms with Crippen LogP contribution in [0, 0.1) is 0 Å². The van der Waals surface area contributed by atoms with E-state index in [2.05, 4.69) is 20.9 Å². The molecule has 0 fully saturated rings. The lowest BCUT2D eigenvalue weighted by Crippen LogP contribution is -2.22. The zero-order valence-corrected chi connectivity index (χ0v) is 15.9. The maximum atomic E-state index is 12.7.